The lowest BCUT2D eigenvalue weighted by Crippen LogP contribution is -2.06. The van der Waals surface area contributed by atoms with E-state index in [1.54, 1.807) is 7.11 Å². The highest BCUT2D eigenvalue weighted by Gasteiger charge is 2.08. The average Bonchev–Trinajstić information content (AvgIpc) is 2.48. The maximum Gasteiger partial charge on any atom is 0.146 e. The van der Waals surface area contributed by atoms with Gasteiger partial charge in [0, 0.05) is 12.8 Å². The SMILES string of the molecule is CC.CC.COCOCCc1c(C)cc(C)c(N)c1C. The lowest BCUT2D eigenvalue weighted by atomic mass is 9.96. The molecule has 2 N–H and O–H groups in total. The number of nitrogen functional groups attached to an aromatic ring is 1. The van der Waals surface area contributed by atoms with Crippen molar-refractivity contribution in [1.29, 1.82) is 0 Å². The van der Waals surface area contributed by atoms with Gasteiger partial charge in [0.05, 0.1) is 6.61 Å². The monoisotopic (exact) mass is 283 g/mol. The molecule has 0 saturated heterocycles. The van der Waals surface area contributed by atoms with Crippen LogP contribution in [0.15, 0.2) is 6.07 Å². The number of ether oxygens (including phenoxy) is 2. The van der Waals surface area contributed by atoms with Crippen LogP contribution in [0.4, 0.5) is 5.69 Å². The highest BCUT2D eigenvalue weighted by atomic mass is 16.7. The first-order valence-corrected chi connectivity index (χ1v) is 7.49. The van der Waals surface area contributed by atoms with Gasteiger partial charge in [-0.15, -0.1) is 0 Å². The van der Waals surface area contributed by atoms with Crippen molar-refractivity contribution >= 4 is 5.69 Å². The minimum Gasteiger partial charge on any atom is -0.398 e. The van der Waals surface area contributed by atoms with Gasteiger partial charge in [-0.25, -0.2) is 0 Å². The molecule has 0 aliphatic heterocycles. The number of rotatable bonds is 5. The van der Waals surface area contributed by atoms with Crippen molar-refractivity contribution in [2.75, 3.05) is 26.2 Å². The van der Waals surface area contributed by atoms with E-state index in [0.717, 1.165) is 17.7 Å². The fourth-order valence-corrected chi connectivity index (χ4v) is 1.94. The molecule has 3 heteroatoms. The van der Waals surface area contributed by atoms with Crippen LogP contribution in [0.1, 0.15) is 49.9 Å². The van der Waals surface area contributed by atoms with Gasteiger partial charge >= 0.3 is 0 Å². The minimum absolute atomic E-state index is 0.347. The molecule has 1 rings (SSSR count). The van der Waals surface area contributed by atoms with Crippen LogP contribution in [0, 0.1) is 20.8 Å². The summed E-state index contributed by atoms with van der Waals surface area (Å²) in [6.45, 7) is 15.2. The van der Waals surface area contributed by atoms with E-state index in [9.17, 15) is 0 Å². The molecule has 0 atom stereocenters. The molecule has 0 radical (unpaired) electrons. The molecule has 0 unspecified atom stereocenters. The maximum atomic E-state index is 6.02. The summed E-state index contributed by atoms with van der Waals surface area (Å²) in [6.07, 6.45) is 0.880. The number of aryl methyl sites for hydroxylation is 2. The van der Waals surface area contributed by atoms with Crippen LogP contribution in [0.3, 0.4) is 0 Å². The third-order valence-electron chi connectivity index (χ3n) is 2.89. The molecule has 0 amide bonds. The van der Waals surface area contributed by atoms with Crippen molar-refractivity contribution in [2.24, 2.45) is 0 Å². The number of methoxy groups -OCH3 is 1. The third kappa shape index (κ3) is 6.92. The molecule has 0 saturated carbocycles. The molecule has 0 aliphatic rings. The van der Waals surface area contributed by atoms with Crippen molar-refractivity contribution in [1.82, 2.24) is 0 Å². The molecule has 118 valence electrons. The molecule has 0 aromatic heterocycles. The highest BCUT2D eigenvalue weighted by Crippen LogP contribution is 2.24. The molecular weight excluding hydrogens is 250 g/mol. The zero-order chi connectivity index (χ0) is 16.1. The van der Waals surface area contributed by atoms with Gasteiger partial charge in [0.1, 0.15) is 6.79 Å². The molecule has 1 aromatic rings. The number of nitrogens with two attached hydrogens (primary N) is 1. The first-order chi connectivity index (χ1) is 9.57. The highest BCUT2D eigenvalue weighted by molar-refractivity contribution is 5.58. The zero-order valence-electron chi connectivity index (χ0n) is 14.6. The normalized spacial score (nSPS) is 9.20. The molecule has 0 aliphatic carbocycles. The smallest absolute Gasteiger partial charge is 0.146 e. The number of benzene rings is 1. The van der Waals surface area contributed by atoms with Crippen LogP contribution >= 0.6 is 0 Å². The van der Waals surface area contributed by atoms with Crippen molar-refractivity contribution in [3.63, 3.8) is 0 Å². The summed E-state index contributed by atoms with van der Waals surface area (Å²) in [5.74, 6) is 0. The fraction of sp³-hybridized carbons (Fsp3) is 0.647. The van der Waals surface area contributed by atoms with Crippen molar-refractivity contribution in [3.05, 3.63) is 28.3 Å². The summed E-state index contributed by atoms with van der Waals surface area (Å²) < 4.78 is 10.1. The van der Waals surface area contributed by atoms with Gasteiger partial charge in [0.2, 0.25) is 0 Å². The van der Waals surface area contributed by atoms with Crippen LogP contribution < -0.4 is 5.73 Å². The second-order valence-electron chi connectivity index (χ2n) is 4.09. The molecule has 0 fully saturated rings. The Labute approximate surface area is 125 Å². The molecule has 20 heavy (non-hydrogen) atoms. The first-order valence-electron chi connectivity index (χ1n) is 7.49. The summed E-state index contributed by atoms with van der Waals surface area (Å²) in [5, 5.41) is 0. The van der Waals surface area contributed by atoms with Crippen LogP contribution in [-0.2, 0) is 15.9 Å². The van der Waals surface area contributed by atoms with E-state index in [0.29, 0.717) is 13.4 Å². The fourth-order valence-electron chi connectivity index (χ4n) is 1.94. The quantitative estimate of drug-likeness (QED) is 0.494. The largest absolute Gasteiger partial charge is 0.398 e. The summed E-state index contributed by atoms with van der Waals surface area (Å²) in [6, 6.07) is 2.13. The Morgan fingerprint density at radius 3 is 2.05 bits per heavy atom. The molecule has 0 heterocycles. The van der Waals surface area contributed by atoms with Gasteiger partial charge < -0.3 is 15.2 Å². The summed E-state index contributed by atoms with van der Waals surface area (Å²) in [7, 11) is 1.63. The Morgan fingerprint density at radius 1 is 1.00 bits per heavy atom. The average molecular weight is 283 g/mol. The number of anilines is 1. The standard InChI is InChI=1S/C13H21NO2.2C2H6/c1-9-7-10(2)13(14)11(3)12(9)5-6-16-8-15-4;2*1-2/h7H,5-6,8,14H2,1-4H3;2*1-2H3. The van der Waals surface area contributed by atoms with Gasteiger partial charge in [-0.2, -0.15) is 0 Å². The van der Waals surface area contributed by atoms with Crippen molar-refractivity contribution in [2.45, 2.75) is 54.9 Å². The second-order valence-corrected chi connectivity index (χ2v) is 4.09. The third-order valence-corrected chi connectivity index (χ3v) is 2.89. The van der Waals surface area contributed by atoms with Crippen LogP contribution in [0.25, 0.3) is 0 Å². The predicted octanol–water partition coefficient (Wildman–Crippen LogP) is 4.41. The molecule has 0 spiro atoms. The Morgan fingerprint density at radius 2 is 1.55 bits per heavy atom. The van der Waals surface area contributed by atoms with E-state index >= 15 is 0 Å². The van der Waals surface area contributed by atoms with Crippen molar-refractivity contribution < 1.29 is 9.47 Å². The number of hydrogen-bond acceptors (Lipinski definition) is 3. The molecule has 0 bridgehead atoms. The van der Waals surface area contributed by atoms with Gasteiger partial charge in [0.15, 0.2) is 0 Å². The molecular formula is C17H33NO2. The first kappa shape index (κ1) is 21.2. The van der Waals surface area contributed by atoms with Gasteiger partial charge in [0.25, 0.3) is 0 Å². The lowest BCUT2D eigenvalue weighted by Gasteiger charge is -2.14. The van der Waals surface area contributed by atoms with Gasteiger partial charge in [-0.1, -0.05) is 33.8 Å². The summed E-state index contributed by atoms with van der Waals surface area (Å²) in [4.78, 5) is 0. The predicted molar refractivity (Wildman–Crippen MR) is 89.3 cm³/mol. The molecule has 3 nitrogen and oxygen atoms in total. The van der Waals surface area contributed by atoms with Gasteiger partial charge in [-0.3, -0.25) is 0 Å². The Balaban J connectivity index is 0. The Hall–Kier alpha value is -1.06. The van der Waals surface area contributed by atoms with Crippen LogP contribution in [-0.4, -0.2) is 20.5 Å². The van der Waals surface area contributed by atoms with Crippen LogP contribution in [0.5, 0.6) is 0 Å². The summed E-state index contributed by atoms with van der Waals surface area (Å²) in [5.41, 5.74) is 11.8. The lowest BCUT2D eigenvalue weighted by molar-refractivity contribution is -0.0292. The summed E-state index contributed by atoms with van der Waals surface area (Å²) >= 11 is 0. The van der Waals surface area contributed by atoms with E-state index in [2.05, 4.69) is 19.9 Å². The maximum absolute atomic E-state index is 6.02. The molecule has 1 aromatic carbocycles. The van der Waals surface area contributed by atoms with Gasteiger partial charge in [-0.05, 0) is 49.4 Å². The Bertz CT molecular complexity index is 362. The van der Waals surface area contributed by atoms with Crippen LogP contribution in [0.2, 0.25) is 0 Å². The zero-order valence-corrected chi connectivity index (χ0v) is 14.6. The topological polar surface area (TPSA) is 44.5 Å². The Kier molecular flexibility index (Phi) is 13.8. The van der Waals surface area contributed by atoms with E-state index in [4.69, 9.17) is 15.2 Å². The number of hydrogen-bond donors (Lipinski definition) is 1. The van der Waals surface area contributed by atoms with E-state index in [1.807, 2.05) is 34.6 Å². The van der Waals surface area contributed by atoms with E-state index in [1.165, 1.54) is 16.7 Å². The van der Waals surface area contributed by atoms with E-state index < -0.39 is 0 Å². The van der Waals surface area contributed by atoms with E-state index in [-0.39, 0.29) is 0 Å². The minimum atomic E-state index is 0.347. The second kappa shape index (κ2) is 12.9. The van der Waals surface area contributed by atoms with Crippen molar-refractivity contribution in [3.8, 4) is 0 Å².